The van der Waals surface area contributed by atoms with Crippen LogP contribution in [0, 0.1) is 0 Å². The van der Waals surface area contributed by atoms with Crippen LogP contribution in [-0.2, 0) is 0 Å². The van der Waals surface area contributed by atoms with E-state index in [1.54, 1.807) is 6.20 Å². The number of benzene rings is 1. The molecule has 15 heavy (non-hydrogen) atoms. The normalized spacial score (nSPS) is 10.5. The van der Waals surface area contributed by atoms with Crippen LogP contribution in [0.15, 0.2) is 30.5 Å². The number of hydrogen-bond donors (Lipinski definition) is 2. The Morgan fingerprint density at radius 3 is 2.87 bits per heavy atom. The number of fused-ring (bicyclic) bond motifs is 1. The number of aromatic nitrogens is 1. The fraction of sp³-hybridized carbons (Fsp3) is 0.182. The molecule has 4 nitrogen and oxygen atoms in total. The van der Waals surface area contributed by atoms with Crippen molar-refractivity contribution in [2.45, 2.75) is 6.92 Å². The standard InChI is InChI=1S/C11H12N2O2/c1-2-13(11(14)15)10-7-12-9-6-4-3-5-8(9)10/h3-7,12H,2H2,1H3,(H,14,15). The van der Waals surface area contributed by atoms with Gasteiger partial charge in [0.05, 0.1) is 5.69 Å². The summed E-state index contributed by atoms with van der Waals surface area (Å²) < 4.78 is 0. The average Bonchev–Trinajstić information content (AvgIpc) is 2.63. The SMILES string of the molecule is CCN(C(=O)O)c1c[nH]c2ccccc12. The summed E-state index contributed by atoms with van der Waals surface area (Å²) >= 11 is 0. The molecular weight excluding hydrogens is 192 g/mol. The molecule has 0 spiro atoms. The molecule has 0 aliphatic carbocycles. The molecule has 78 valence electrons. The summed E-state index contributed by atoms with van der Waals surface area (Å²) in [5.41, 5.74) is 1.66. The zero-order chi connectivity index (χ0) is 10.8. The Morgan fingerprint density at radius 1 is 1.47 bits per heavy atom. The Labute approximate surface area is 87.1 Å². The molecule has 0 saturated carbocycles. The zero-order valence-electron chi connectivity index (χ0n) is 8.40. The minimum atomic E-state index is -0.928. The van der Waals surface area contributed by atoms with E-state index in [4.69, 9.17) is 5.11 Å². The van der Waals surface area contributed by atoms with Crippen LogP contribution in [0.1, 0.15) is 6.92 Å². The van der Waals surface area contributed by atoms with Crippen molar-refractivity contribution in [1.82, 2.24) is 4.98 Å². The number of amides is 1. The molecule has 4 heteroatoms. The number of nitrogens with one attached hydrogen (secondary N) is 1. The summed E-state index contributed by atoms with van der Waals surface area (Å²) in [7, 11) is 0. The quantitative estimate of drug-likeness (QED) is 0.790. The molecule has 1 aromatic heterocycles. The molecular formula is C11H12N2O2. The van der Waals surface area contributed by atoms with Crippen molar-refractivity contribution in [3.05, 3.63) is 30.5 Å². The van der Waals surface area contributed by atoms with E-state index >= 15 is 0 Å². The second-order valence-corrected chi connectivity index (χ2v) is 3.25. The number of carbonyl (C=O) groups is 1. The van der Waals surface area contributed by atoms with Crippen molar-refractivity contribution in [3.63, 3.8) is 0 Å². The summed E-state index contributed by atoms with van der Waals surface area (Å²) in [5, 5.41) is 9.95. The van der Waals surface area contributed by atoms with Gasteiger partial charge in [-0.2, -0.15) is 0 Å². The molecule has 0 saturated heterocycles. The monoisotopic (exact) mass is 204 g/mol. The predicted octanol–water partition coefficient (Wildman–Crippen LogP) is 2.67. The molecule has 1 amide bonds. The molecule has 0 atom stereocenters. The van der Waals surface area contributed by atoms with Gasteiger partial charge in [-0.1, -0.05) is 18.2 Å². The molecule has 2 aromatic rings. The lowest BCUT2D eigenvalue weighted by atomic mass is 10.2. The number of rotatable bonds is 2. The molecule has 2 N–H and O–H groups in total. The van der Waals surface area contributed by atoms with Gasteiger partial charge in [-0.3, -0.25) is 4.90 Å². The maximum atomic E-state index is 11.0. The lowest BCUT2D eigenvalue weighted by molar-refractivity contribution is 0.202. The molecule has 0 bridgehead atoms. The third-order valence-electron chi connectivity index (χ3n) is 2.41. The van der Waals surface area contributed by atoms with E-state index in [-0.39, 0.29) is 0 Å². The third kappa shape index (κ3) is 1.54. The van der Waals surface area contributed by atoms with Crippen molar-refractivity contribution in [2.75, 3.05) is 11.4 Å². The topological polar surface area (TPSA) is 56.3 Å². The summed E-state index contributed by atoms with van der Waals surface area (Å²) in [6.07, 6.45) is 0.796. The van der Waals surface area contributed by atoms with Crippen molar-refractivity contribution in [3.8, 4) is 0 Å². The van der Waals surface area contributed by atoms with Gasteiger partial charge in [0.2, 0.25) is 0 Å². The Morgan fingerprint density at radius 2 is 2.20 bits per heavy atom. The van der Waals surface area contributed by atoms with E-state index in [0.29, 0.717) is 12.2 Å². The van der Waals surface area contributed by atoms with Crippen LogP contribution in [-0.4, -0.2) is 22.7 Å². The van der Waals surface area contributed by atoms with E-state index in [2.05, 4.69) is 4.98 Å². The lowest BCUT2D eigenvalue weighted by Crippen LogP contribution is -2.28. The van der Waals surface area contributed by atoms with Crippen LogP contribution in [0.4, 0.5) is 10.5 Å². The van der Waals surface area contributed by atoms with Crippen molar-refractivity contribution in [2.24, 2.45) is 0 Å². The van der Waals surface area contributed by atoms with E-state index in [9.17, 15) is 4.79 Å². The second-order valence-electron chi connectivity index (χ2n) is 3.25. The van der Waals surface area contributed by atoms with Crippen LogP contribution in [0.25, 0.3) is 10.9 Å². The minimum Gasteiger partial charge on any atom is -0.465 e. The number of para-hydroxylation sites is 1. The minimum absolute atomic E-state index is 0.442. The Bertz CT molecular complexity index is 490. The maximum Gasteiger partial charge on any atom is 0.411 e. The van der Waals surface area contributed by atoms with Gasteiger partial charge in [-0.05, 0) is 13.0 Å². The lowest BCUT2D eigenvalue weighted by Gasteiger charge is -2.15. The maximum absolute atomic E-state index is 11.0. The van der Waals surface area contributed by atoms with Gasteiger partial charge in [0.1, 0.15) is 0 Å². The predicted molar refractivity (Wildman–Crippen MR) is 59.3 cm³/mol. The molecule has 0 unspecified atom stereocenters. The molecule has 0 aliphatic heterocycles. The zero-order valence-corrected chi connectivity index (χ0v) is 8.40. The number of anilines is 1. The Hall–Kier alpha value is -1.97. The van der Waals surface area contributed by atoms with Gasteiger partial charge in [0.25, 0.3) is 0 Å². The first-order valence-corrected chi connectivity index (χ1v) is 4.80. The van der Waals surface area contributed by atoms with Gasteiger partial charge in [-0.15, -0.1) is 0 Å². The second kappa shape index (κ2) is 3.65. The summed E-state index contributed by atoms with van der Waals surface area (Å²) in [4.78, 5) is 15.4. The number of carboxylic acid groups (broad SMARTS) is 1. The molecule has 1 aromatic carbocycles. The van der Waals surface area contributed by atoms with Crippen molar-refractivity contribution in [1.29, 1.82) is 0 Å². The Kier molecular flexibility index (Phi) is 2.33. The first-order chi connectivity index (χ1) is 7.24. The van der Waals surface area contributed by atoms with Gasteiger partial charge in [-0.25, -0.2) is 4.79 Å². The van der Waals surface area contributed by atoms with Gasteiger partial charge in [0, 0.05) is 23.6 Å². The number of hydrogen-bond acceptors (Lipinski definition) is 1. The molecule has 0 aliphatic rings. The van der Waals surface area contributed by atoms with E-state index in [1.807, 2.05) is 31.2 Å². The fourth-order valence-electron chi connectivity index (χ4n) is 1.69. The van der Waals surface area contributed by atoms with E-state index < -0.39 is 6.09 Å². The largest absolute Gasteiger partial charge is 0.465 e. The van der Waals surface area contributed by atoms with E-state index in [0.717, 1.165) is 10.9 Å². The number of aromatic amines is 1. The van der Waals surface area contributed by atoms with Crippen LogP contribution in [0.2, 0.25) is 0 Å². The van der Waals surface area contributed by atoms with Crippen molar-refractivity contribution < 1.29 is 9.90 Å². The summed E-state index contributed by atoms with van der Waals surface area (Å²) in [5.74, 6) is 0. The summed E-state index contributed by atoms with van der Waals surface area (Å²) in [6, 6.07) is 7.65. The molecule has 2 rings (SSSR count). The highest BCUT2D eigenvalue weighted by Crippen LogP contribution is 2.26. The number of nitrogens with zero attached hydrogens (tertiary/aromatic N) is 1. The van der Waals surface area contributed by atoms with Crippen LogP contribution < -0.4 is 4.90 Å². The van der Waals surface area contributed by atoms with Gasteiger partial charge < -0.3 is 10.1 Å². The smallest absolute Gasteiger partial charge is 0.411 e. The average molecular weight is 204 g/mol. The highest BCUT2D eigenvalue weighted by molar-refractivity contribution is 6.00. The highest BCUT2D eigenvalue weighted by Gasteiger charge is 2.15. The molecule has 0 radical (unpaired) electrons. The first-order valence-electron chi connectivity index (χ1n) is 4.80. The number of H-pyrrole nitrogens is 1. The molecule has 0 fully saturated rings. The fourth-order valence-corrected chi connectivity index (χ4v) is 1.69. The van der Waals surface area contributed by atoms with Gasteiger partial charge in [0.15, 0.2) is 0 Å². The van der Waals surface area contributed by atoms with Crippen molar-refractivity contribution >= 4 is 22.7 Å². The van der Waals surface area contributed by atoms with E-state index in [1.165, 1.54) is 4.90 Å². The molecule has 1 heterocycles. The van der Waals surface area contributed by atoms with Crippen LogP contribution >= 0.6 is 0 Å². The summed E-state index contributed by atoms with van der Waals surface area (Å²) in [6.45, 7) is 2.26. The highest BCUT2D eigenvalue weighted by atomic mass is 16.4. The Balaban J connectivity index is 2.55. The van der Waals surface area contributed by atoms with Gasteiger partial charge >= 0.3 is 6.09 Å². The van der Waals surface area contributed by atoms with Crippen LogP contribution in [0.5, 0.6) is 0 Å². The first kappa shape index (κ1) is 9.58. The van der Waals surface area contributed by atoms with Crippen LogP contribution in [0.3, 0.4) is 0 Å². The third-order valence-corrected chi connectivity index (χ3v) is 2.41.